The second kappa shape index (κ2) is 4.56. The summed E-state index contributed by atoms with van der Waals surface area (Å²) in [4.78, 5) is 4.62. The van der Waals surface area contributed by atoms with Crippen molar-refractivity contribution >= 4 is 27.0 Å². The summed E-state index contributed by atoms with van der Waals surface area (Å²) >= 11 is 3.38. The number of rotatable bonds is 2. The molecule has 0 aliphatic heterocycles. The Hall–Kier alpha value is -2.06. The number of fused-ring (bicyclic) bond motifs is 1. The number of benzene rings is 1. The van der Waals surface area contributed by atoms with Crippen LogP contribution in [0, 0.1) is 11.3 Å². The number of furan rings is 1. The van der Waals surface area contributed by atoms with Gasteiger partial charge in [-0.15, -0.1) is 0 Å². The maximum atomic E-state index is 8.95. The van der Waals surface area contributed by atoms with E-state index in [1.165, 1.54) is 0 Å². The van der Waals surface area contributed by atoms with Crippen LogP contribution in [-0.4, -0.2) is 9.55 Å². The smallest absolute Gasteiger partial charge is 0.179 e. The SMILES string of the molecule is CCn1c(-c2ccoc2Br)nc2cc(C#N)ccc21. The van der Waals surface area contributed by atoms with Crippen molar-refractivity contribution in [3.8, 4) is 17.5 Å². The molecule has 0 aliphatic carbocycles. The molecule has 4 nitrogen and oxygen atoms in total. The van der Waals surface area contributed by atoms with E-state index in [1.54, 1.807) is 12.3 Å². The van der Waals surface area contributed by atoms with E-state index in [4.69, 9.17) is 9.68 Å². The van der Waals surface area contributed by atoms with Gasteiger partial charge in [-0.05, 0) is 47.1 Å². The van der Waals surface area contributed by atoms with Crippen LogP contribution in [0.3, 0.4) is 0 Å². The van der Waals surface area contributed by atoms with Crippen LogP contribution in [-0.2, 0) is 6.54 Å². The number of hydrogen-bond donors (Lipinski definition) is 0. The minimum Gasteiger partial charge on any atom is -0.457 e. The van der Waals surface area contributed by atoms with E-state index < -0.39 is 0 Å². The number of hydrogen-bond acceptors (Lipinski definition) is 3. The van der Waals surface area contributed by atoms with Crippen LogP contribution in [0.1, 0.15) is 12.5 Å². The highest BCUT2D eigenvalue weighted by atomic mass is 79.9. The van der Waals surface area contributed by atoms with Crippen LogP contribution in [0.5, 0.6) is 0 Å². The Morgan fingerprint density at radius 1 is 1.42 bits per heavy atom. The van der Waals surface area contributed by atoms with Gasteiger partial charge in [0.25, 0.3) is 0 Å². The predicted octanol–water partition coefficient (Wildman–Crippen LogP) is 3.95. The van der Waals surface area contributed by atoms with Crippen molar-refractivity contribution in [2.45, 2.75) is 13.5 Å². The average Bonchev–Trinajstić information content (AvgIpc) is 3.00. The number of nitriles is 1. The van der Waals surface area contributed by atoms with E-state index in [0.717, 1.165) is 29.0 Å². The lowest BCUT2D eigenvalue weighted by Crippen LogP contribution is -1.96. The predicted molar refractivity (Wildman–Crippen MR) is 75.5 cm³/mol. The third-order valence-electron chi connectivity index (χ3n) is 3.05. The molecule has 0 saturated carbocycles. The molecule has 2 aromatic heterocycles. The maximum Gasteiger partial charge on any atom is 0.179 e. The largest absolute Gasteiger partial charge is 0.457 e. The molecule has 0 radical (unpaired) electrons. The lowest BCUT2D eigenvalue weighted by molar-refractivity contribution is 0.541. The van der Waals surface area contributed by atoms with Crippen molar-refractivity contribution in [2.75, 3.05) is 0 Å². The maximum absolute atomic E-state index is 8.95. The van der Waals surface area contributed by atoms with Gasteiger partial charge in [0.2, 0.25) is 0 Å². The van der Waals surface area contributed by atoms with Gasteiger partial charge >= 0.3 is 0 Å². The highest BCUT2D eigenvalue weighted by molar-refractivity contribution is 9.10. The molecule has 0 spiro atoms. The van der Waals surface area contributed by atoms with Crippen molar-refractivity contribution in [3.63, 3.8) is 0 Å². The van der Waals surface area contributed by atoms with Crippen molar-refractivity contribution in [2.24, 2.45) is 0 Å². The molecule has 0 saturated heterocycles. The zero-order valence-corrected chi connectivity index (χ0v) is 11.8. The second-order valence-electron chi connectivity index (χ2n) is 4.10. The monoisotopic (exact) mass is 315 g/mol. The Kier molecular flexibility index (Phi) is 2.88. The molecule has 19 heavy (non-hydrogen) atoms. The van der Waals surface area contributed by atoms with Gasteiger partial charge in [0.15, 0.2) is 4.67 Å². The highest BCUT2D eigenvalue weighted by Crippen LogP contribution is 2.31. The fourth-order valence-electron chi connectivity index (χ4n) is 2.18. The van der Waals surface area contributed by atoms with E-state index in [2.05, 4.69) is 38.5 Å². The molecule has 2 heterocycles. The number of halogens is 1. The fraction of sp³-hybridized carbons (Fsp3) is 0.143. The quantitative estimate of drug-likeness (QED) is 0.719. The van der Waals surface area contributed by atoms with Crippen LogP contribution < -0.4 is 0 Å². The van der Waals surface area contributed by atoms with Crippen molar-refractivity contribution in [3.05, 3.63) is 40.8 Å². The molecule has 0 N–H and O–H groups in total. The van der Waals surface area contributed by atoms with Gasteiger partial charge in [-0.1, -0.05) is 0 Å². The molecule has 3 aromatic rings. The summed E-state index contributed by atoms with van der Waals surface area (Å²) < 4.78 is 8.04. The van der Waals surface area contributed by atoms with Gasteiger partial charge < -0.3 is 8.98 Å². The van der Waals surface area contributed by atoms with Crippen molar-refractivity contribution in [1.29, 1.82) is 5.26 Å². The number of aromatic nitrogens is 2. The molecule has 5 heteroatoms. The van der Waals surface area contributed by atoms with Gasteiger partial charge in [-0.25, -0.2) is 4.98 Å². The van der Waals surface area contributed by atoms with Gasteiger partial charge in [0.05, 0.1) is 34.5 Å². The Bertz CT molecular complexity index is 795. The zero-order valence-electron chi connectivity index (χ0n) is 10.2. The number of imidazole rings is 1. The molecule has 0 atom stereocenters. The summed E-state index contributed by atoms with van der Waals surface area (Å²) in [5.41, 5.74) is 3.37. The van der Waals surface area contributed by atoms with E-state index >= 15 is 0 Å². The highest BCUT2D eigenvalue weighted by Gasteiger charge is 2.15. The molecule has 0 aliphatic rings. The van der Waals surface area contributed by atoms with Crippen LogP contribution >= 0.6 is 15.9 Å². The molecule has 0 amide bonds. The molecular weight excluding hydrogens is 306 g/mol. The summed E-state index contributed by atoms with van der Waals surface area (Å²) in [6, 6.07) is 9.56. The third-order valence-corrected chi connectivity index (χ3v) is 3.67. The molecule has 0 bridgehead atoms. The first kappa shape index (κ1) is 12.0. The Labute approximate surface area is 118 Å². The lowest BCUT2D eigenvalue weighted by atomic mass is 10.2. The Morgan fingerprint density at radius 3 is 2.89 bits per heavy atom. The Balaban J connectivity index is 2.31. The summed E-state index contributed by atoms with van der Waals surface area (Å²) in [5.74, 6) is 0.841. The topological polar surface area (TPSA) is 54.8 Å². The first-order valence-electron chi connectivity index (χ1n) is 5.88. The summed E-state index contributed by atoms with van der Waals surface area (Å²) in [7, 11) is 0. The second-order valence-corrected chi connectivity index (χ2v) is 4.82. The number of aryl methyl sites for hydroxylation is 1. The first-order valence-corrected chi connectivity index (χ1v) is 6.67. The molecule has 0 unspecified atom stereocenters. The van der Waals surface area contributed by atoms with Crippen molar-refractivity contribution in [1.82, 2.24) is 9.55 Å². The molecule has 1 aromatic carbocycles. The van der Waals surface area contributed by atoms with Gasteiger partial charge in [0.1, 0.15) is 5.82 Å². The van der Waals surface area contributed by atoms with Crippen molar-refractivity contribution < 1.29 is 4.42 Å². The first-order chi connectivity index (χ1) is 9.24. The van der Waals surface area contributed by atoms with Gasteiger partial charge in [-0.3, -0.25) is 0 Å². The van der Waals surface area contributed by atoms with Crippen LogP contribution in [0.2, 0.25) is 0 Å². The average molecular weight is 316 g/mol. The van der Waals surface area contributed by atoms with Gasteiger partial charge in [-0.2, -0.15) is 5.26 Å². The van der Waals surface area contributed by atoms with Crippen LogP contribution in [0.4, 0.5) is 0 Å². The summed E-state index contributed by atoms with van der Waals surface area (Å²) in [6.45, 7) is 2.87. The lowest BCUT2D eigenvalue weighted by Gasteiger charge is -2.04. The zero-order chi connectivity index (χ0) is 13.4. The molecular formula is C14H10BrN3O. The molecule has 94 valence electrons. The van der Waals surface area contributed by atoms with Crippen LogP contribution in [0.15, 0.2) is 39.6 Å². The van der Waals surface area contributed by atoms with Gasteiger partial charge in [0, 0.05) is 6.54 Å². The molecule has 3 rings (SSSR count). The van der Waals surface area contributed by atoms with E-state index in [9.17, 15) is 0 Å². The van der Waals surface area contributed by atoms with E-state index in [-0.39, 0.29) is 0 Å². The molecule has 0 fully saturated rings. The minimum absolute atomic E-state index is 0.617. The van der Waals surface area contributed by atoms with Crippen LogP contribution in [0.25, 0.3) is 22.4 Å². The third kappa shape index (κ3) is 1.85. The number of nitrogens with zero attached hydrogens (tertiary/aromatic N) is 3. The fourth-order valence-corrected chi connectivity index (χ4v) is 2.60. The minimum atomic E-state index is 0.617. The summed E-state index contributed by atoms with van der Waals surface area (Å²) in [5, 5.41) is 8.95. The Morgan fingerprint density at radius 2 is 2.26 bits per heavy atom. The summed E-state index contributed by atoms with van der Waals surface area (Å²) in [6.07, 6.45) is 1.62. The van der Waals surface area contributed by atoms with E-state index in [1.807, 2.05) is 18.2 Å². The standard InChI is InChI=1S/C14H10BrN3O/c1-2-18-12-4-3-9(8-16)7-11(12)17-14(18)10-5-6-19-13(10)15/h3-7H,2H2,1H3. The van der Waals surface area contributed by atoms with E-state index in [0.29, 0.717) is 10.2 Å². The normalized spacial score (nSPS) is 10.8.